The Labute approximate surface area is 102 Å². The van der Waals surface area contributed by atoms with Crippen LogP contribution < -0.4 is 15.4 Å². The van der Waals surface area contributed by atoms with Crippen molar-refractivity contribution in [1.29, 1.82) is 0 Å². The molecule has 0 aliphatic heterocycles. The first-order valence-electron chi connectivity index (χ1n) is 5.43. The molecular formula is C12H19ClN2O. The zero-order chi connectivity index (χ0) is 12.0. The molecule has 16 heavy (non-hydrogen) atoms. The summed E-state index contributed by atoms with van der Waals surface area (Å²) < 4.78 is 5.11. The Balaban J connectivity index is 2.62. The van der Waals surface area contributed by atoms with Crippen LogP contribution in [-0.2, 0) is 0 Å². The van der Waals surface area contributed by atoms with Gasteiger partial charge < -0.3 is 15.4 Å². The third-order valence-corrected chi connectivity index (χ3v) is 2.82. The van der Waals surface area contributed by atoms with Crippen molar-refractivity contribution in [3.63, 3.8) is 0 Å². The number of nitrogens with zero attached hydrogens (tertiary/aromatic N) is 1. The van der Waals surface area contributed by atoms with E-state index >= 15 is 0 Å². The first-order valence-corrected chi connectivity index (χ1v) is 5.81. The number of halogens is 1. The number of benzene rings is 1. The van der Waals surface area contributed by atoms with Gasteiger partial charge in [0.05, 0.1) is 12.1 Å². The summed E-state index contributed by atoms with van der Waals surface area (Å²) in [6.45, 7) is 1.73. The van der Waals surface area contributed by atoms with Crippen molar-refractivity contribution in [2.24, 2.45) is 5.73 Å². The predicted molar refractivity (Wildman–Crippen MR) is 69.6 cm³/mol. The third-order valence-electron chi connectivity index (χ3n) is 2.52. The van der Waals surface area contributed by atoms with Crippen LogP contribution in [0.25, 0.3) is 0 Å². The summed E-state index contributed by atoms with van der Waals surface area (Å²) >= 11 is 6.06. The Morgan fingerprint density at radius 2 is 2.12 bits per heavy atom. The van der Waals surface area contributed by atoms with E-state index in [2.05, 4.69) is 11.9 Å². The summed E-state index contributed by atoms with van der Waals surface area (Å²) in [7, 11) is 3.67. The van der Waals surface area contributed by atoms with E-state index in [4.69, 9.17) is 22.1 Å². The Hall–Kier alpha value is -0.930. The van der Waals surface area contributed by atoms with Gasteiger partial charge in [-0.05, 0) is 37.6 Å². The lowest BCUT2D eigenvalue weighted by Gasteiger charge is -2.19. The summed E-state index contributed by atoms with van der Waals surface area (Å²) in [4.78, 5) is 2.17. The maximum Gasteiger partial charge on any atom is 0.137 e. The number of hydrogen-bond acceptors (Lipinski definition) is 3. The standard InChI is InChI=1S/C12H19ClN2O/c1-15(8-4-3-7-14)10-5-6-12(16-2)11(13)9-10/h5-6,9H,3-4,7-8,14H2,1-2H3. The van der Waals surface area contributed by atoms with Gasteiger partial charge in [0, 0.05) is 19.3 Å². The number of methoxy groups -OCH3 is 1. The van der Waals surface area contributed by atoms with E-state index in [9.17, 15) is 0 Å². The average molecular weight is 243 g/mol. The van der Waals surface area contributed by atoms with Crippen LogP contribution in [-0.4, -0.2) is 27.2 Å². The minimum atomic E-state index is 0.644. The largest absolute Gasteiger partial charge is 0.495 e. The zero-order valence-corrected chi connectivity index (χ0v) is 10.6. The molecule has 0 fully saturated rings. The number of ether oxygens (including phenoxy) is 1. The van der Waals surface area contributed by atoms with Crippen molar-refractivity contribution in [3.8, 4) is 5.75 Å². The van der Waals surface area contributed by atoms with E-state index in [1.165, 1.54) is 0 Å². The molecule has 1 rings (SSSR count). The van der Waals surface area contributed by atoms with Crippen LogP contribution in [0.1, 0.15) is 12.8 Å². The van der Waals surface area contributed by atoms with Crippen LogP contribution in [0.15, 0.2) is 18.2 Å². The van der Waals surface area contributed by atoms with Gasteiger partial charge in [-0.3, -0.25) is 0 Å². The number of hydrogen-bond donors (Lipinski definition) is 1. The Kier molecular flexibility index (Phi) is 5.43. The molecule has 1 aromatic carbocycles. The summed E-state index contributed by atoms with van der Waals surface area (Å²) in [5, 5.41) is 0.644. The highest BCUT2D eigenvalue weighted by Gasteiger charge is 2.05. The summed E-state index contributed by atoms with van der Waals surface area (Å²) in [6.07, 6.45) is 2.14. The fourth-order valence-electron chi connectivity index (χ4n) is 1.52. The molecule has 1 aromatic rings. The Morgan fingerprint density at radius 3 is 2.69 bits per heavy atom. The first-order chi connectivity index (χ1) is 7.69. The summed E-state index contributed by atoms with van der Waals surface area (Å²) in [6, 6.07) is 5.81. The van der Waals surface area contributed by atoms with E-state index in [1.807, 2.05) is 18.2 Å². The second kappa shape index (κ2) is 6.61. The number of anilines is 1. The molecule has 0 unspecified atom stereocenters. The molecule has 3 nitrogen and oxygen atoms in total. The minimum Gasteiger partial charge on any atom is -0.495 e. The van der Waals surface area contributed by atoms with Gasteiger partial charge >= 0.3 is 0 Å². The molecule has 0 saturated heterocycles. The molecule has 4 heteroatoms. The normalized spacial score (nSPS) is 10.2. The van der Waals surface area contributed by atoms with E-state index in [0.29, 0.717) is 10.8 Å². The van der Waals surface area contributed by atoms with Crippen LogP contribution in [0.2, 0.25) is 5.02 Å². The molecule has 0 aliphatic rings. The Bertz CT molecular complexity index is 331. The van der Waals surface area contributed by atoms with E-state index in [0.717, 1.165) is 31.6 Å². The monoisotopic (exact) mass is 242 g/mol. The topological polar surface area (TPSA) is 38.5 Å². The van der Waals surface area contributed by atoms with E-state index < -0.39 is 0 Å². The van der Waals surface area contributed by atoms with Crippen LogP contribution >= 0.6 is 11.6 Å². The summed E-state index contributed by atoms with van der Waals surface area (Å²) in [5.41, 5.74) is 6.56. The number of nitrogens with two attached hydrogens (primary N) is 1. The maximum atomic E-state index is 6.06. The molecule has 0 aliphatic carbocycles. The molecule has 0 heterocycles. The van der Waals surface area contributed by atoms with Crippen molar-refractivity contribution in [3.05, 3.63) is 23.2 Å². The van der Waals surface area contributed by atoms with Crippen molar-refractivity contribution in [2.75, 3.05) is 32.1 Å². The van der Waals surface area contributed by atoms with Gasteiger partial charge in [-0.1, -0.05) is 11.6 Å². The number of rotatable bonds is 6. The second-order valence-electron chi connectivity index (χ2n) is 3.74. The van der Waals surface area contributed by atoms with E-state index in [-0.39, 0.29) is 0 Å². The highest BCUT2D eigenvalue weighted by Crippen LogP contribution is 2.28. The molecule has 90 valence electrons. The fraction of sp³-hybridized carbons (Fsp3) is 0.500. The zero-order valence-electron chi connectivity index (χ0n) is 9.87. The van der Waals surface area contributed by atoms with Gasteiger partial charge in [0.1, 0.15) is 5.75 Å². The van der Waals surface area contributed by atoms with Crippen molar-refractivity contribution < 1.29 is 4.74 Å². The molecule has 2 N–H and O–H groups in total. The lowest BCUT2D eigenvalue weighted by Crippen LogP contribution is -2.19. The quantitative estimate of drug-likeness (QED) is 0.780. The molecule has 0 spiro atoms. The van der Waals surface area contributed by atoms with Crippen molar-refractivity contribution in [2.45, 2.75) is 12.8 Å². The molecule has 0 atom stereocenters. The maximum absolute atomic E-state index is 6.06. The average Bonchev–Trinajstić information content (AvgIpc) is 2.29. The minimum absolute atomic E-state index is 0.644. The molecule has 0 bridgehead atoms. The van der Waals surface area contributed by atoms with Gasteiger partial charge in [-0.15, -0.1) is 0 Å². The molecular weight excluding hydrogens is 224 g/mol. The van der Waals surface area contributed by atoms with E-state index in [1.54, 1.807) is 7.11 Å². The van der Waals surface area contributed by atoms with Gasteiger partial charge in [0.25, 0.3) is 0 Å². The first kappa shape index (κ1) is 13.1. The fourth-order valence-corrected chi connectivity index (χ4v) is 1.77. The summed E-state index contributed by atoms with van der Waals surface area (Å²) in [5.74, 6) is 0.709. The predicted octanol–water partition coefficient (Wildman–Crippen LogP) is 2.52. The lowest BCUT2D eigenvalue weighted by atomic mass is 10.2. The third kappa shape index (κ3) is 3.58. The van der Waals surface area contributed by atoms with Gasteiger partial charge in [0.15, 0.2) is 0 Å². The van der Waals surface area contributed by atoms with Crippen LogP contribution in [0.4, 0.5) is 5.69 Å². The molecule has 0 aromatic heterocycles. The second-order valence-corrected chi connectivity index (χ2v) is 4.14. The van der Waals surface area contributed by atoms with Gasteiger partial charge in [0.2, 0.25) is 0 Å². The highest BCUT2D eigenvalue weighted by atomic mass is 35.5. The molecule has 0 saturated carbocycles. The number of unbranched alkanes of at least 4 members (excludes halogenated alkanes) is 1. The van der Waals surface area contributed by atoms with Crippen LogP contribution in [0.5, 0.6) is 5.75 Å². The van der Waals surface area contributed by atoms with Gasteiger partial charge in [-0.25, -0.2) is 0 Å². The van der Waals surface area contributed by atoms with Crippen LogP contribution in [0, 0.1) is 0 Å². The highest BCUT2D eigenvalue weighted by molar-refractivity contribution is 6.32. The van der Waals surface area contributed by atoms with Crippen molar-refractivity contribution >= 4 is 17.3 Å². The Morgan fingerprint density at radius 1 is 1.38 bits per heavy atom. The van der Waals surface area contributed by atoms with Crippen molar-refractivity contribution in [1.82, 2.24) is 0 Å². The lowest BCUT2D eigenvalue weighted by molar-refractivity contribution is 0.415. The smallest absolute Gasteiger partial charge is 0.137 e. The molecule has 0 amide bonds. The van der Waals surface area contributed by atoms with Gasteiger partial charge in [-0.2, -0.15) is 0 Å². The SMILES string of the molecule is COc1ccc(N(C)CCCCN)cc1Cl. The van der Waals surface area contributed by atoms with Crippen LogP contribution in [0.3, 0.4) is 0 Å². The molecule has 0 radical (unpaired) electrons.